The van der Waals surface area contributed by atoms with Crippen LogP contribution in [0.1, 0.15) is 17.3 Å². The van der Waals surface area contributed by atoms with Gasteiger partial charge in [-0.1, -0.05) is 0 Å². The van der Waals surface area contributed by atoms with E-state index in [0.717, 1.165) is 12.1 Å². The molecule has 0 fully saturated rings. The van der Waals surface area contributed by atoms with E-state index >= 15 is 0 Å². The number of Topliss-reactive ketones (excluding diaryl/α,β-unsaturated/α-hetero) is 1. The third kappa shape index (κ3) is 1.32. The molecule has 0 heterocycles. The first-order chi connectivity index (χ1) is 5.52. The van der Waals surface area contributed by atoms with Gasteiger partial charge in [-0.3, -0.25) is 4.79 Å². The molecular formula is C8H8O4. The lowest BCUT2D eigenvalue weighted by molar-refractivity contribution is 0.101. The van der Waals surface area contributed by atoms with E-state index in [-0.39, 0.29) is 11.3 Å². The van der Waals surface area contributed by atoms with E-state index in [2.05, 4.69) is 0 Å². The molecule has 1 aromatic rings. The fraction of sp³-hybridized carbons (Fsp3) is 0.125. The molecule has 1 aromatic carbocycles. The Balaban J connectivity index is 3.38. The van der Waals surface area contributed by atoms with Crippen LogP contribution in [-0.4, -0.2) is 21.1 Å². The van der Waals surface area contributed by atoms with Gasteiger partial charge in [-0.2, -0.15) is 0 Å². The second kappa shape index (κ2) is 2.73. The molecule has 0 bridgehead atoms. The van der Waals surface area contributed by atoms with Gasteiger partial charge in [0.15, 0.2) is 5.78 Å². The fourth-order valence-electron chi connectivity index (χ4n) is 0.958. The molecule has 0 atom stereocenters. The van der Waals surface area contributed by atoms with E-state index in [0.29, 0.717) is 0 Å². The van der Waals surface area contributed by atoms with Crippen LogP contribution in [-0.2, 0) is 0 Å². The molecule has 0 aliphatic rings. The highest BCUT2D eigenvalue weighted by molar-refractivity contribution is 5.99. The highest BCUT2D eigenvalue weighted by atomic mass is 16.3. The lowest BCUT2D eigenvalue weighted by Gasteiger charge is -2.03. The van der Waals surface area contributed by atoms with Gasteiger partial charge in [0, 0.05) is 12.1 Å². The van der Waals surface area contributed by atoms with E-state index < -0.39 is 17.3 Å². The summed E-state index contributed by atoms with van der Waals surface area (Å²) in [6.45, 7) is 1.21. The number of rotatable bonds is 1. The van der Waals surface area contributed by atoms with Crippen molar-refractivity contribution in [3.8, 4) is 17.2 Å². The first-order valence-corrected chi connectivity index (χ1v) is 3.28. The van der Waals surface area contributed by atoms with Crippen molar-refractivity contribution in [2.75, 3.05) is 0 Å². The number of hydrogen-bond donors (Lipinski definition) is 3. The Morgan fingerprint density at radius 1 is 1.17 bits per heavy atom. The summed E-state index contributed by atoms with van der Waals surface area (Å²) in [6.07, 6.45) is 0. The normalized spacial score (nSPS) is 9.75. The van der Waals surface area contributed by atoms with Crippen molar-refractivity contribution < 1.29 is 20.1 Å². The molecule has 0 radical (unpaired) electrons. The molecule has 0 aliphatic heterocycles. The van der Waals surface area contributed by atoms with Crippen LogP contribution in [0.5, 0.6) is 17.2 Å². The van der Waals surface area contributed by atoms with Crippen LogP contribution in [0, 0.1) is 0 Å². The van der Waals surface area contributed by atoms with Gasteiger partial charge in [-0.05, 0) is 6.92 Å². The zero-order chi connectivity index (χ0) is 9.30. The molecule has 4 heteroatoms. The van der Waals surface area contributed by atoms with Crippen molar-refractivity contribution in [2.45, 2.75) is 6.92 Å². The van der Waals surface area contributed by atoms with Crippen molar-refractivity contribution in [1.82, 2.24) is 0 Å². The molecule has 0 spiro atoms. The number of aromatic hydroxyl groups is 3. The van der Waals surface area contributed by atoms with Gasteiger partial charge in [0.25, 0.3) is 0 Å². The van der Waals surface area contributed by atoms with Gasteiger partial charge in [0.05, 0.1) is 0 Å². The minimum atomic E-state index is -0.454. The largest absolute Gasteiger partial charge is 0.508 e. The number of benzene rings is 1. The smallest absolute Gasteiger partial charge is 0.167 e. The molecule has 0 unspecified atom stereocenters. The second-order valence-corrected chi connectivity index (χ2v) is 2.42. The van der Waals surface area contributed by atoms with Crippen molar-refractivity contribution >= 4 is 5.78 Å². The SMILES string of the molecule is [13CH3][13C](=O)c1c(O)cc(O)cc1O. The first kappa shape index (κ1) is 8.39. The molecule has 3 N–H and O–H groups in total. The quantitative estimate of drug-likeness (QED) is 0.434. The Kier molecular flexibility index (Phi) is 1.91. The maximum absolute atomic E-state index is 10.8. The molecule has 1 rings (SSSR count). The van der Waals surface area contributed by atoms with E-state index in [9.17, 15) is 4.79 Å². The topological polar surface area (TPSA) is 77.8 Å². The number of carbonyl (C=O) groups is 1. The predicted molar refractivity (Wildman–Crippen MR) is 41.4 cm³/mol. The van der Waals surface area contributed by atoms with Gasteiger partial charge in [-0.25, -0.2) is 0 Å². The van der Waals surface area contributed by atoms with Crippen LogP contribution in [0.4, 0.5) is 0 Å². The average molecular weight is 170 g/mol. The first-order valence-electron chi connectivity index (χ1n) is 3.28. The zero-order valence-corrected chi connectivity index (χ0v) is 6.40. The van der Waals surface area contributed by atoms with Gasteiger partial charge >= 0.3 is 0 Å². The molecule has 0 saturated heterocycles. The third-order valence-corrected chi connectivity index (χ3v) is 1.43. The summed E-state index contributed by atoms with van der Waals surface area (Å²) in [7, 11) is 0. The van der Waals surface area contributed by atoms with Crippen LogP contribution < -0.4 is 0 Å². The maximum Gasteiger partial charge on any atom is 0.167 e. The number of phenols is 3. The highest BCUT2D eigenvalue weighted by Gasteiger charge is 2.13. The van der Waals surface area contributed by atoms with Crippen LogP contribution in [0.15, 0.2) is 12.1 Å². The Labute approximate surface area is 68.7 Å². The lowest BCUT2D eigenvalue weighted by atomic mass is 10.2. The minimum absolute atomic E-state index is 0.173. The molecule has 64 valence electrons. The van der Waals surface area contributed by atoms with Gasteiger partial charge < -0.3 is 15.3 Å². The summed E-state index contributed by atoms with van der Waals surface area (Å²) in [5, 5.41) is 27.1. The maximum atomic E-state index is 10.8. The van der Waals surface area contributed by atoms with Crippen LogP contribution in [0.2, 0.25) is 0 Å². The van der Waals surface area contributed by atoms with Crippen molar-refractivity contribution in [2.24, 2.45) is 0 Å². The number of phenolic OH excluding ortho intramolecular Hbond substituents is 3. The Bertz CT molecular complexity index is 307. The van der Waals surface area contributed by atoms with E-state index in [1.54, 1.807) is 0 Å². The highest BCUT2D eigenvalue weighted by Crippen LogP contribution is 2.31. The molecule has 0 aromatic heterocycles. The third-order valence-electron chi connectivity index (χ3n) is 1.43. The van der Waals surface area contributed by atoms with Crippen LogP contribution >= 0.6 is 0 Å². The standard InChI is InChI=1S/C8H8O4/c1-4(9)8-6(11)2-5(10)3-7(8)12/h2-3,10-12H,1H3/i1+1,4+1. The van der Waals surface area contributed by atoms with Gasteiger partial charge in [0.2, 0.25) is 0 Å². The van der Waals surface area contributed by atoms with Gasteiger partial charge in [0.1, 0.15) is 22.8 Å². The summed E-state index contributed by atoms with van der Waals surface area (Å²) in [5.74, 6) is -1.57. The summed E-state index contributed by atoms with van der Waals surface area (Å²) in [6, 6.07) is 1.99. The van der Waals surface area contributed by atoms with Crippen molar-refractivity contribution in [1.29, 1.82) is 0 Å². The minimum Gasteiger partial charge on any atom is -0.508 e. The zero-order valence-electron chi connectivity index (χ0n) is 6.40. The van der Waals surface area contributed by atoms with Crippen molar-refractivity contribution in [3.63, 3.8) is 0 Å². The predicted octanol–water partition coefficient (Wildman–Crippen LogP) is 1.01. The summed E-state index contributed by atoms with van der Waals surface area (Å²) in [4.78, 5) is 10.8. The average Bonchev–Trinajstić information content (AvgIpc) is 1.82. The molecule has 0 amide bonds. The van der Waals surface area contributed by atoms with E-state index in [1.165, 1.54) is 6.92 Å². The summed E-state index contributed by atoms with van der Waals surface area (Å²) < 4.78 is 0. The molecule has 0 saturated carbocycles. The molecular weight excluding hydrogens is 162 g/mol. The summed E-state index contributed by atoms with van der Waals surface area (Å²) in [5.41, 5.74) is -0.173. The van der Waals surface area contributed by atoms with Crippen LogP contribution in [0.3, 0.4) is 0 Å². The van der Waals surface area contributed by atoms with Crippen LogP contribution in [0.25, 0.3) is 0 Å². The fourth-order valence-corrected chi connectivity index (χ4v) is 0.958. The Morgan fingerprint density at radius 2 is 1.58 bits per heavy atom. The molecule has 0 aliphatic carbocycles. The lowest BCUT2D eigenvalue weighted by Crippen LogP contribution is -1.92. The van der Waals surface area contributed by atoms with Gasteiger partial charge in [-0.15, -0.1) is 0 Å². The summed E-state index contributed by atoms with van der Waals surface area (Å²) >= 11 is 0. The van der Waals surface area contributed by atoms with Crippen molar-refractivity contribution in [3.05, 3.63) is 17.7 Å². The van der Waals surface area contributed by atoms with E-state index in [1.807, 2.05) is 0 Å². The number of ketones is 1. The Hall–Kier alpha value is -1.71. The number of carbonyl (C=O) groups excluding carboxylic acids is 1. The van der Waals surface area contributed by atoms with E-state index in [4.69, 9.17) is 15.3 Å². The monoisotopic (exact) mass is 170 g/mol. The molecule has 12 heavy (non-hydrogen) atoms. The molecule has 4 nitrogen and oxygen atoms in total. The second-order valence-electron chi connectivity index (χ2n) is 2.42. The number of hydrogen-bond acceptors (Lipinski definition) is 4. The Morgan fingerprint density at radius 3 is 1.92 bits per heavy atom.